The molecule has 0 saturated carbocycles. The predicted molar refractivity (Wildman–Crippen MR) is 98.4 cm³/mol. The summed E-state index contributed by atoms with van der Waals surface area (Å²) in [4.78, 5) is 13.0. The highest BCUT2D eigenvalue weighted by molar-refractivity contribution is 5.63. The predicted octanol–water partition coefficient (Wildman–Crippen LogP) is 4.89. The molecular weight excluding hydrogens is 296 g/mol. The van der Waals surface area contributed by atoms with Crippen LogP contribution in [0.4, 0.5) is 11.5 Å². The highest BCUT2D eigenvalue weighted by atomic mass is 15.0. The van der Waals surface area contributed by atoms with E-state index in [9.17, 15) is 0 Å². The third-order valence-corrected chi connectivity index (χ3v) is 3.93. The van der Waals surface area contributed by atoms with Crippen molar-refractivity contribution in [1.29, 1.82) is 0 Å². The van der Waals surface area contributed by atoms with Crippen molar-refractivity contribution in [2.75, 3.05) is 5.32 Å². The lowest BCUT2D eigenvalue weighted by Crippen LogP contribution is -2.11. The molecular formula is C20H22N4. The van der Waals surface area contributed by atoms with E-state index < -0.39 is 0 Å². The average molecular weight is 318 g/mol. The second-order valence-corrected chi connectivity index (χ2v) is 6.91. The fourth-order valence-corrected chi connectivity index (χ4v) is 2.47. The molecule has 4 nitrogen and oxygen atoms in total. The van der Waals surface area contributed by atoms with E-state index in [1.54, 1.807) is 18.6 Å². The molecule has 0 bridgehead atoms. The Morgan fingerprint density at radius 2 is 1.83 bits per heavy atom. The van der Waals surface area contributed by atoms with Gasteiger partial charge in [-0.15, -0.1) is 0 Å². The summed E-state index contributed by atoms with van der Waals surface area (Å²) < 4.78 is 0. The van der Waals surface area contributed by atoms with Gasteiger partial charge in [0, 0.05) is 29.8 Å². The first-order valence-electron chi connectivity index (χ1n) is 8.05. The maximum atomic E-state index is 4.59. The standard InChI is InChI=1S/C20H22N4/c1-14-12-16(20(2,3)4)7-8-17(14)23-18-9-11-22-19(24-18)15-6-5-10-21-13-15/h5-13H,1-4H3,(H,22,23,24). The Bertz CT molecular complexity index is 836. The van der Waals surface area contributed by atoms with E-state index in [0.29, 0.717) is 5.82 Å². The normalized spacial score (nSPS) is 11.3. The Labute approximate surface area is 143 Å². The first kappa shape index (κ1) is 16.1. The number of nitrogens with one attached hydrogen (secondary N) is 1. The first-order chi connectivity index (χ1) is 11.4. The van der Waals surface area contributed by atoms with Crippen molar-refractivity contribution >= 4 is 11.5 Å². The molecule has 0 spiro atoms. The lowest BCUT2D eigenvalue weighted by molar-refractivity contribution is 0.590. The van der Waals surface area contributed by atoms with Crippen molar-refractivity contribution in [1.82, 2.24) is 15.0 Å². The number of aryl methyl sites for hydroxylation is 1. The molecule has 0 amide bonds. The minimum absolute atomic E-state index is 0.145. The van der Waals surface area contributed by atoms with E-state index in [2.05, 4.69) is 66.2 Å². The van der Waals surface area contributed by atoms with Crippen LogP contribution in [0.5, 0.6) is 0 Å². The van der Waals surface area contributed by atoms with Crippen molar-refractivity contribution < 1.29 is 0 Å². The molecule has 3 aromatic rings. The summed E-state index contributed by atoms with van der Waals surface area (Å²) in [5.74, 6) is 1.44. The molecule has 0 saturated heterocycles. The highest BCUT2D eigenvalue weighted by Crippen LogP contribution is 2.28. The summed E-state index contributed by atoms with van der Waals surface area (Å²) in [6.45, 7) is 8.78. The van der Waals surface area contributed by atoms with Crippen LogP contribution in [0.25, 0.3) is 11.4 Å². The summed E-state index contributed by atoms with van der Waals surface area (Å²) in [5.41, 5.74) is 4.62. The third kappa shape index (κ3) is 3.59. The highest BCUT2D eigenvalue weighted by Gasteiger charge is 2.14. The fraction of sp³-hybridized carbons (Fsp3) is 0.250. The van der Waals surface area contributed by atoms with Gasteiger partial charge in [-0.3, -0.25) is 4.98 Å². The van der Waals surface area contributed by atoms with Crippen LogP contribution in [0.2, 0.25) is 0 Å². The average Bonchev–Trinajstić information content (AvgIpc) is 2.57. The van der Waals surface area contributed by atoms with E-state index in [1.165, 1.54) is 11.1 Å². The van der Waals surface area contributed by atoms with Crippen LogP contribution in [0.1, 0.15) is 31.9 Å². The van der Waals surface area contributed by atoms with E-state index >= 15 is 0 Å². The van der Waals surface area contributed by atoms with Crippen LogP contribution >= 0.6 is 0 Å². The van der Waals surface area contributed by atoms with Crippen LogP contribution in [0.15, 0.2) is 55.0 Å². The van der Waals surface area contributed by atoms with E-state index in [0.717, 1.165) is 17.1 Å². The quantitative estimate of drug-likeness (QED) is 0.747. The smallest absolute Gasteiger partial charge is 0.163 e. The molecule has 4 heteroatoms. The summed E-state index contributed by atoms with van der Waals surface area (Å²) >= 11 is 0. The maximum Gasteiger partial charge on any atom is 0.163 e. The minimum Gasteiger partial charge on any atom is -0.340 e. The zero-order chi connectivity index (χ0) is 17.2. The van der Waals surface area contributed by atoms with Gasteiger partial charge in [-0.25, -0.2) is 9.97 Å². The van der Waals surface area contributed by atoms with Crippen molar-refractivity contribution in [3.05, 3.63) is 66.1 Å². The first-order valence-corrected chi connectivity index (χ1v) is 8.05. The zero-order valence-electron chi connectivity index (χ0n) is 14.5. The number of pyridine rings is 1. The molecule has 3 rings (SSSR count). The number of rotatable bonds is 3. The second-order valence-electron chi connectivity index (χ2n) is 6.91. The van der Waals surface area contributed by atoms with E-state index in [4.69, 9.17) is 0 Å². The monoisotopic (exact) mass is 318 g/mol. The van der Waals surface area contributed by atoms with Gasteiger partial charge in [0.15, 0.2) is 5.82 Å². The topological polar surface area (TPSA) is 50.7 Å². The molecule has 1 N–H and O–H groups in total. The molecule has 0 aliphatic heterocycles. The molecule has 0 unspecified atom stereocenters. The molecule has 0 fully saturated rings. The lowest BCUT2D eigenvalue weighted by Gasteiger charge is -2.21. The van der Waals surface area contributed by atoms with Gasteiger partial charge in [0.25, 0.3) is 0 Å². The largest absolute Gasteiger partial charge is 0.340 e. The number of nitrogens with zero attached hydrogens (tertiary/aromatic N) is 3. The second kappa shape index (κ2) is 6.40. The summed E-state index contributed by atoms with van der Waals surface area (Å²) in [6, 6.07) is 12.2. The molecule has 1 aromatic carbocycles. The molecule has 122 valence electrons. The van der Waals surface area contributed by atoms with Gasteiger partial charge in [0.1, 0.15) is 5.82 Å². The summed E-state index contributed by atoms with van der Waals surface area (Å²) in [6.07, 6.45) is 5.27. The molecule has 0 radical (unpaired) electrons. The number of hydrogen-bond donors (Lipinski definition) is 1. The molecule has 0 atom stereocenters. The van der Waals surface area contributed by atoms with Gasteiger partial charge in [-0.1, -0.05) is 32.9 Å². The zero-order valence-corrected chi connectivity index (χ0v) is 14.5. The van der Waals surface area contributed by atoms with Crippen LogP contribution in [-0.2, 0) is 5.41 Å². The van der Waals surface area contributed by atoms with Crippen molar-refractivity contribution in [2.45, 2.75) is 33.1 Å². The molecule has 2 aromatic heterocycles. The third-order valence-electron chi connectivity index (χ3n) is 3.93. The Morgan fingerprint density at radius 1 is 1.00 bits per heavy atom. The molecule has 0 aliphatic carbocycles. The summed E-state index contributed by atoms with van der Waals surface area (Å²) in [7, 11) is 0. The van der Waals surface area contributed by atoms with Crippen LogP contribution < -0.4 is 5.32 Å². The van der Waals surface area contributed by atoms with Crippen molar-refractivity contribution in [3.8, 4) is 11.4 Å². The van der Waals surface area contributed by atoms with Gasteiger partial charge < -0.3 is 5.32 Å². The van der Waals surface area contributed by atoms with Gasteiger partial charge in [-0.05, 0) is 47.7 Å². The minimum atomic E-state index is 0.145. The number of anilines is 2. The van der Waals surface area contributed by atoms with Crippen molar-refractivity contribution in [2.24, 2.45) is 0 Å². The Morgan fingerprint density at radius 3 is 2.50 bits per heavy atom. The van der Waals surface area contributed by atoms with Crippen LogP contribution in [0, 0.1) is 6.92 Å². The SMILES string of the molecule is Cc1cc(C(C)(C)C)ccc1Nc1ccnc(-c2cccnc2)n1. The number of benzene rings is 1. The van der Waals surface area contributed by atoms with E-state index in [1.807, 2.05) is 18.2 Å². The van der Waals surface area contributed by atoms with E-state index in [-0.39, 0.29) is 5.41 Å². The van der Waals surface area contributed by atoms with Crippen molar-refractivity contribution in [3.63, 3.8) is 0 Å². The number of aromatic nitrogens is 3. The fourth-order valence-electron chi connectivity index (χ4n) is 2.47. The maximum absolute atomic E-state index is 4.59. The van der Waals surface area contributed by atoms with Crippen LogP contribution in [0.3, 0.4) is 0 Å². The molecule has 24 heavy (non-hydrogen) atoms. The Kier molecular flexibility index (Phi) is 4.30. The Hall–Kier alpha value is -2.75. The van der Waals surface area contributed by atoms with Gasteiger partial charge in [0.2, 0.25) is 0 Å². The Balaban J connectivity index is 1.87. The van der Waals surface area contributed by atoms with Gasteiger partial charge >= 0.3 is 0 Å². The number of hydrogen-bond acceptors (Lipinski definition) is 4. The molecule has 2 heterocycles. The lowest BCUT2D eigenvalue weighted by atomic mass is 9.86. The molecule has 0 aliphatic rings. The van der Waals surface area contributed by atoms with Crippen LogP contribution in [-0.4, -0.2) is 15.0 Å². The van der Waals surface area contributed by atoms with Gasteiger partial charge in [-0.2, -0.15) is 0 Å². The summed E-state index contributed by atoms with van der Waals surface area (Å²) in [5, 5.41) is 3.39. The van der Waals surface area contributed by atoms with Gasteiger partial charge in [0.05, 0.1) is 0 Å².